The third kappa shape index (κ3) is 2.31. The molecule has 1 nitrogen and oxygen atoms in total. The predicted octanol–water partition coefficient (Wildman–Crippen LogP) is 3.75. The summed E-state index contributed by atoms with van der Waals surface area (Å²) in [5, 5.41) is 0. The Hall–Kier alpha value is -2.02. The maximum absolute atomic E-state index is 6.00. The van der Waals surface area contributed by atoms with Gasteiger partial charge in [-0.1, -0.05) is 60.7 Å². The molecule has 0 heterocycles. The Balaban J connectivity index is 2.28. The first-order valence-corrected chi connectivity index (χ1v) is 5.35. The number of nitrogen functional groups attached to an aromatic ring is 1. The van der Waals surface area contributed by atoms with Crippen molar-refractivity contribution in [3.8, 4) is 0 Å². The van der Waals surface area contributed by atoms with Crippen LogP contribution in [0.3, 0.4) is 0 Å². The van der Waals surface area contributed by atoms with Crippen LogP contribution in [0.4, 0.5) is 5.69 Å². The van der Waals surface area contributed by atoms with Crippen molar-refractivity contribution in [3.63, 3.8) is 0 Å². The lowest BCUT2D eigenvalue weighted by Crippen LogP contribution is -1.92. The molecule has 0 aromatic heterocycles. The van der Waals surface area contributed by atoms with Gasteiger partial charge in [0.2, 0.25) is 0 Å². The highest BCUT2D eigenvalue weighted by Crippen LogP contribution is 2.18. The van der Waals surface area contributed by atoms with Crippen LogP contribution in [0.5, 0.6) is 0 Å². The first kappa shape index (κ1) is 10.5. The van der Waals surface area contributed by atoms with Gasteiger partial charge in [0.15, 0.2) is 0 Å². The minimum Gasteiger partial charge on any atom is -0.398 e. The Bertz CT molecular complexity index is 498. The predicted molar refractivity (Wildman–Crippen MR) is 71.0 cm³/mol. The second kappa shape index (κ2) is 4.67. The normalized spacial score (nSPS) is 10.8. The summed E-state index contributed by atoms with van der Waals surface area (Å²) >= 11 is 0. The van der Waals surface area contributed by atoms with Crippen molar-refractivity contribution in [2.24, 2.45) is 0 Å². The molecule has 0 bridgehead atoms. The Morgan fingerprint density at radius 2 is 1.62 bits per heavy atom. The molecule has 0 amide bonds. The van der Waals surface area contributed by atoms with Gasteiger partial charge in [0.1, 0.15) is 0 Å². The van der Waals surface area contributed by atoms with Gasteiger partial charge < -0.3 is 5.73 Å². The zero-order valence-corrected chi connectivity index (χ0v) is 9.35. The van der Waals surface area contributed by atoms with Crippen LogP contribution in [0, 0.1) is 6.92 Å². The van der Waals surface area contributed by atoms with Crippen molar-refractivity contribution in [1.29, 1.82) is 0 Å². The van der Waals surface area contributed by atoms with Gasteiger partial charge in [-0.05, 0) is 23.6 Å². The summed E-state index contributed by atoms with van der Waals surface area (Å²) in [5.41, 5.74) is 10.2. The molecule has 0 saturated heterocycles. The van der Waals surface area contributed by atoms with E-state index in [2.05, 4.69) is 24.3 Å². The second-order valence-corrected chi connectivity index (χ2v) is 3.82. The molecule has 2 N–H and O–H groups in total. The Morgan fingerprint density at radius 3 is 2.38 bits per heavy atom. The Labute approximate surface area is 96.2 Å². The number of hydrogen-bond donors (Lipinski definition) is 1. The molecule has 0 aliphatic heterocycles. The number of nitrogens with two attached hydrogens (primary N) is 1. The van der Waals surface area contributed by atoms with E-state index in [1.165, 1.54) is 5.56 Å². The molecule has 0 saturated carbocycles. The van der Waals surface area contributed by atoms with Gasteiger partial charge >= 0.3 is 0 Å². The largest absolute Gasteiger partial charge is 0.398 e. The van der Waals surface area contributed by atoms with E-state index in [1.54, 1.807) is 0 Å². The Morgan fingerprint density at radius 1 is 0.875 bits per heavy atom. The number of benzene rings is 2. The minimum atomic E-state index is 0.856. The minimum absolute atomic E-state index is 0.856. The quantitative estimate of drug-likeness (QED) is 0.591. The molecule has 0 radical (unpaired) electrons. The number of hydrogen-bond acceptors (Lipinski definition) is 1. The van der Waals surface area contributed by atoms with Crippen molar-refractivity contribution in [2.75, 3.05) is 5.73 Å². The van der Waals surface area contributed by atoms with Gasteiger partial charge in [0, 0.05) is 5.69 Å². The van der Waals surface area contributed by atoms with Gasteiger partial charge in [-0.2, -0.15) is 0 Å². The standard InChI is InChI=1S/C15H15N/c1-12-6-5-9-14(15(12)16)11-10-13-7-3-2-4-8-13/h2-11H,16H2,1H3/b11-10+. The molecule has 1 heteroatoms. The fourth-order valence-corrected chi connectivity index (χ4v) is 1.60. The highest BCUT2D eigenvalue weighted by atomic mass is 14.6. The molecular weight excluding hydrogens is 194 g/mol. The zero-order chi connectivity index (χ0) is 11.4. The van der Waals surface area contributed by atoms with Crippen molar-refractivity contribution in [1.82, 2.24) is 0 Å². The lowest BCUT2D eigenvalue weighted by molar-refractivity contribution is 1.46. The van der Waals surface area contributed by atoms with Crippen molar-refractivity contribution in [3.05, 3.63) is 65.2 Å². The van der Waals surface area contributed by atoms with Gasteiger partial charge in [0.05, 0.1) is 0 Å². The summed E-state index contributed by atoms with van der Waals surface area (Å²) in [5.74, 6) is 0. The summed E-state index contributed by atoms with van der Waals surface area (Å²) in [6.07, 6.45) is 4.13. The van der Waals surface area contributed by atoms with E-state index in [-0.39, 0.29) is 0 Å². The maximum atomic E-state index is 6.00. The molecule has 0 spiro atoms. The van der Waals surface area contributed by atoms with E-state index >= 15 is 0 Å². The first-order valence-electron chi connectivity index (χ1n) is 5.35. The molecule has 2 aromatic carbocycles. The van der Waals surface area contributed by atoms with Crippen molar-refractivity contribution in [2.45, 2.75) is 6.92 Å². The third-order valence-electron chi connectivity index (χ3n) is 2.61. The smallest absolute Gasteiger partial charge is 0.0417 e. The molecule has 0 aliphatic rings. The number of anilines is 1. The van der Waals surface area contributed by atoms with Gasteiger partial charge in [-0.25, -0.2) is 0 Å². The van der Waals surface area contributed by atoms with Gasteiger partial charge in [-0.15, -0.1) is 0 Å². The number of rotatable bonds is 2. The van der Waals surface area contributed by atoms with Crippen LogP contribution in [-0.2, 0) is 0 Å². The summed E-state index contributed by atoms with van der Waals surface area (Å²) in [7, 11) is 0. The van der Waals surface area contributed by atoms with Gasteiger partial charge in [0.25, 0.3) is 0 Å². The van der Waals surface area contributed by atoms with E-state index in [0.29, 0.717) is 0 Å². The zero-order valence-electron chi connectivity index (χ0n) is 9.35. The SMILES string of the molecule is Cc1cccc(/C=C/c2ccccc2)c1N. The first-order chi connectivity index (χ1) is 7.77. The molecule has 16 heavy (non-hydrogen) atoms. The molecule has 2 aromatic rings. The van der Waals surface area contributed by atoms with Crippen LogP contribution >= 0.6 is 0 Å². The van der Waals surface area contributed by atoms with Crippen molar-refractivity contribution < 1.29 is 0 Å². The molecule has 2 rings (SSSR count). The number of aryl methyl sites for hydroxylation is 1. The van der Waals surface area contributed by atoms with E-state index in [1.807, 2.05) is 43.3 Å². The Kier molecular flexibility index (Phi) is 3.06. The van der Waals surface area contributed by atoms with Crippen LogP contribution in [-0.4, -0.2) is 0 Å². The van der Waals surface area contributed by atoms with Crippen LogP contribution in [0.15, 0.2) is 48.5 Å². The van der Waals surface area contributed by atoms with E-state index in [0.717, 1.165) is 16.8 Å². The summed E-state index contributed by atoms with van der Waals surface area (Å²) in [4.78, 5) is 0. The summed E-state index contributed by atoms with van der Waals surface area (Å²) < 4.78 is 0. The summed E-state index contributed by atoms with van der Waals surface area (Å²) in [6, 6.07) is 16.3. The van der Waals surface area contributed by atoms with E-state index in [9.17, 15) is 0 Å². The van der Waals surface area contributed by atoms with Crippen LogP contribution < -0.4 is 5.73 Å². The molecule has 80 valence electrons. The maximum Gasteiger partial charge on any atom is 0.0417 e. The lowest BCUT2D eigenvalue weighted by atomic mass is 10.1. The molecule has 0 aliphatic carbocycles. The highest BCUT2D eigenvalue weighted by Gasteiger charge is 1.96. The van der Waals surface area contributed by atoms with Crippen molar-refractivity contribution >= 4 is 17.8 Å². The monoisotopic (exact) mass is 209 g/mol. The fraction of sp³-hybridized carbons (Fsp3) is 0.0667. The van der Waals surface area contributed by atoms with Crippen LogP contribution in [0.2, 0.25) is 0 Å². The van der Waals surface area contributed by atoms with Crippen LogP contribution in [0.1, 0.15) is 16.7 Å². The molecule has 0 atom stereocenters. The summed E-state index contributed by atoms with van der Waals surface area (Å²) in [6.45, 7) is 2.02. The van der Waals surface area contributed by atoms with E-state index < -0.39 is 0 Å². The molecule has 0 unspecified atom stereocenters. The fourth-order valence-electron chi connectivity index (χ4n) is 1.60. The average molecular weight is 209 g/mol. The number of para-hydroxylation sites is 1. The second-order valence-electron chi connectivity index (χ2n) is 3.82. The average Bonchev–Trinajstić information content (AvgIpc) is 2.32. The topological polar surface area (TPSA) is 26.0 Å². The van der Waals surface area contributed by atoms with Crippen LogP contribution in [0.25, 0.3) is 12.2 Å². The lowest BCUT2D eigenvalue weighted by Gasteiger charge is -2.03. The molecule has 0 fully saturated rings. The third-order valence-corrected chi connectivity index (χ3v) is 2.61. The molecular formula is C15H15N. The van der Waals surface area contributed by atoms with E-state index in [4.69, 9.17) is 5.73 Å². The van der Waals surface area contributed by atoms with Gasteiger partial charge in [-0.3, -0.25) is 0 Å². The highest BCUT2D eigenvalue weighted by molar-refractivity contribution is 5.76.